The second-order valence-corrected chi connectivity index (χ2v) is 8.01. The fourth-order valence-corrected chi connectivity index (χ4v) is 4.36. The lowest BCUT2D eigenvalue weighted by molar-refractivity contribution is -0.111. The van der Waals surface area contributed by atoms with Gasteiger partial charge in [-0.15, -0.1) is 0 Å². The molecule has 1 amide bonds. The van der Waals surface area contributed by atoms with Crippen molar-refractivity contribution in [2.24, 2.45) is 0 Å². The summed E-state index contributed by atoms with van der Waals surface area (Å²) in [5, 5.41) is 8.34. The summed E-state index contributed by atoms with van der Waals surface area (Å²) < 4.78 is 12.3. The summed E-state index contributed by atoms with van der Waals surface area (Å²) >= 11 is 7.79. The summed E-state index contributed by atoms with van der Waals surface area (Å²) in [6, 6.07) is 12.9. The van der Waals surface area contributed by atoms with Crippen molar-refractivity contribution in [2.45, 2.75) is 11.5 Å². The van der Waals surface area contributed by atoms with E-state index in [0.717, 1.165) is 34.0 Å². The Morgan fingerprint density at radius 1 is 1.13 bits per heavy atom. The number of hydrogen-bond donors (Lipinski definition) is 1. The maximum atomic E-state index is 12.7. The van der Waals surface area contributed by atoms with E-state index in [-0.39, 0.29) is 5.91 Å². The van der Waals surface area contributed by atoms with Gasteiger partial charge in [-0.25, -0.2) is 4.68 Å². The third-order valence-corrected chi connectivity index (χ3v) is 5.92. The van der Waals surface area contributed by atoms with Gasteiger partial charge in [0, 0.05) is 28.2 Å². The van der Waals surface area contributed by atoms with Crippen molar-refractivity contribution in [1.29, 1.82) is 0 Å². The van der Waals surface area contributed by atoms with Crippen molar-refractivity contribution in [2.75, 3.05) is 19.5 Å². The monoisotopic (exact) mass is 441 g/mol. The van der Waals surface area contributed by atoms with E-state index in [0.29, 0.717) is 22.3 Å². The van der Waals surface area contributed by atoms with Crippen LogP contribution in [0.15, 0.2) is 48.5 Å². The lowest BCUT2D eigenvalue weighted by Gasteiger charge is -2.10. The number of hydrogen-bond acceptors (Lipinski definition) is 5. The number of ether oxygens (including phenoxy) is 2. The van der Waals surface area contributed by atoms with E-state index in [1.165, 1.54) is 6.08 Å². The molecular weight excluding hydrogens is 422 g/mol. The fraction of sp³-hybridized carbons (Fsp3) is 0.182. The first kappa shape index (κ1) is 20.4. The molecule has 2 heterocycles. The standard InChI is InChI=1S/C22H20ClN3O3S/c1-28-19-9-3-14(11-20(19)29-2)4-10-21(27)24-22-17-12-30-13-18(17)25-26(22)16-7-5-15(23)6-8-16/h3-11H,12-13H2,1-2H3,(H,24,27)/b10-4-. The van der Waals surface area contributed by atoms with Crippen molar-refractivity contribution in [3.63, 3.8) is 0 Å². The quantitative estimate of drug-likeness (QED) is 0.549. The molecule has 30 heavy (non-hydrogen) atoms. The highest BCUT2D eigenvalue weighted by molar-refractivity contribution is 7.98. The third kappa shape index (κ3) is 4.17. The minimum Gasteiger partial charge on any atom is -0.493 e. The van der Waals surface area contributed by atoms with E-state index in [4.69, 9.17) is 21.1 Å². The molecule has 154 valence electrons. The van der Waals surface area contributed by atoms with Crippen LogP contribution >= 0.6 is 23.4 Å². The molecule has 0 aliphatic carbocycles. The van der Waals surface area contributed by atoms with Crippen molar-refractivity contribution >= 4 is 41.2 Å². The highest BCUT2D eigenvalue weighted by Crippen LogP contribution is 2.36. The van der Waals surface area contributed by atoms with Crippen molar-refractivity contribution in [3.05, 3.63) is 70.4 Å². The Kier molecular flexibility index (Phi) is 6.01. The Balaban J connectivity index is 1.58. The normalized spacial score (nSPS) is 12.8. The molecule has 1 aliphatic heterocycles. The molecular formula is C22H20ClN3O3S. The molecule has 0 unspecified atom stereocenters. The molecule has 1 aromatic heterocycles. The van der Waals surface area contributed by atoms with E-state index >= 15 is 0 Å². The number of benzene rings is 2. The summed E-state index contributed by atoms with van der Waals surface area (Å²) in [4.78, 5) is 12.7. The molecule has 6 nitrogen and oxygen atoms in total. The zero-order chi connectivity index (χ0) is 21.1. The minimum atomic E-state index is -0.236. The maximum Gasteiger partial charge on any atom is 0.249 e. The van der Waals surface area contributed by atoms with Crippen molar-refractivity contribution in [1.82, 2.24) is 9.78 Å². The van der Waals surface area contributed by atoms with Gasteiger partial charge >= 0.3 is 0 Å². The number of carbonyl (C=O) groups excluding carboxylic acids is 1. The SMILES string of the molecule is COc1ccc(/C=C\C(=O)Nc2c3c(nn2-c2ccc(Cl)cc2)CSC3)cc1OC. The highest BCUT2D eigenvalue weighted by Gasteiger charge is 2.24. The van der Waals surface area contributed by atoms with E-state index in [2.05, 4.69) is 10.4 Å². The number of carbonyl (C=O) groups is 1. The van der Waals surface area contributed by atoms with Crippen LogP contribution in [-0.4, -0.2) is 29.9 Å². The number of aromatic nitrogens is 2. The molecule has 4 rings (SSSR count). The first-order chi connectivity index (χ1) is 14.6. The number of anilines is 1. The molecule has 0 saturated carbocycles. The van der Waals surface area contributed by atoms with Gasteiger partial charge in [0.25, 0.3) is 0 Å². The van der Waals surface area contributed by atoms with E-state index in [1.54, 1.807) is 54.9 Å². The average molecular weight is 442 g/mol. The molecule has 1 aliphatic rings. The zero-order valence-electron chi connectivity index (χ0n) is 16.5. The van der Waals surface area contributed by atoms with E-state index < -0.39 is 0 Å². The van der Waals surface area contributed by atoms with Crippen LogP contribution in [0.2, 0.25) is 5.02 Å². The van der Waals surface area contributed by atoms with Gasteiger partial charge in [-0.1, -0.05) is 17.7 Å². The molecule has 8 heteroatoms. The maximum absolute atomic E-state index is 12.7. The second kappa shape index (κ2) is 8.85. The lowest BCUT2D eigenvalue weighted by atomic mass is 10.2. The van der Waals surface area contributed by atoms with Gasteiger partial charge < -0.3 is 14.8 Å². The summed E-state index contributed by atoms with van der Waals surface area (Å²) in [6.07, 6.45) is 3.23. The minimum absolute atomic E-state index is 0.236. The van der Waals surface area contributed by atoms with Gasteiger partial charge in [0.15, 0.2) is 11.5 Å². The summed E-state index contributed by atoms with van der Waals surface area (Å²) in [5.41, 5.74) is 3.73. The third-order valence-electron chi connectivity index (χ3n) is 4.70. The Morgan fingerprint density at radius 3 is 2.63 bits per heavy atom. The number of methoxy groups -OCH3 is 2. The molecule has 0 radical (unpaired) electrons. The topological polar surface area (TPSA) is 65.4 Å². The van der Waals surface area contributed by atoms with Gasteiger partial charge in [0.1, 0.15) is 5.82 Å². The van der Waals surface area contributed by atoms with Crippen LogP contribution < -0.4 is 14.8 Å². The molecule has 1 N–H and O–H groups in total. The van der Waals surface area contributed by atoms with E-state index in [9.17, 15) is 4.79 Å². The van der Waals surface area contributed by atoms with Crippen LogP contribution in [0.3, 0.4) is 0 Å². The van der Waals surface area contributed by atoms with Gasteiger partial charge in [-0.3, -0.25) is 4.79 Å². The van der Waals surface area contributed by atoms with Crippen LogP contribution in [0, 0.1) is 0 Å². The van der Waals surface area contributed by atoms with Crippen molar-refractivity contribution in [3.8, 4) is 17.2 Å². The molecule has 0 spiro atoms. The molecule has 3 aromatic rings. The Morgan fingerprint density at radius 2 is 1.90 bits per heavy atom. The number of nitrogens with one attached hydrogen (secondary N) is 1. The lowest BCUT2D eigenvalue weighted by Crippen LogP contribution is -2.13. The molecule has 2 aromatic carbocycles. The number of nitrogens with zero attached hydrogens (tertiary/aromatic N) is 2. The highest BCUT2D eigenvalue weighted by atomic mass is 35.5. The summed E-state index contributed by atoms with van der Waals surface area (Å²) in [7, 11) is 3.16. The first-order valence-corrected chi connectivity index (χ1v) is 10.8. The predicted molar refractivity (Wildman–Crippen MR) is 121 cm³/mol. The first-order valence-electron chi connectivity index (χ1n) is 9.24. The van der Waals surface area contributed by atoms with Gasteiger partial charge in [-0.2, -0.15) is 16.9 Å². The Hall–Kier alpha value is -2.90. The summed E-state index contributed by atoms with van der Waals surface area (Å²) in [6.45, 7) is 0. The van der Waals surface area contributed by atoms with Gasteiger partial charge in [0.05, 0.1) is 25.6 Å². The van der Waals surface area contributed by atoms with Crippen molar-refractivity contribution < 1.29 is 14.3 Å². The predicted octanol–water partition coefficient (Wildman–Crippen LogP) is 4.94. The second-order valence-electron chi connectivity index (χ2n) is 6.59. The molecule has 0 atom stereocenters. The zero-order valence-corrected chi connectivity index (χ0v) is 18.1. The van der Waals surface area contributed by atoms with Crippen LogP contribution in [0.5, 0.6) is 11.5 Å². The van der Waals surface area contributed by atoms with Crippen LogP contribution in [0.4, 0.5) is 5.82 Å². The van der Waals surface area contributed by atoms with Crippen LogP contribution in [-0.2, 0) is 16.3 Å². The largest absolute Gasteiger partial charge is 0.493 e. The smallest absolute Gasteiger partial charge is 0.249 e. The Labute approximate surface area is 183 Å². The number of rotatable bonds is 6. The van der Waals surface area contributed by atoms with Gasteiger partial charge in [-0.05, 0) is 48.0 Å². The van der Waals surface area contributed by atoms with E-state index in [1.807, 2.05) is 24.3 Å². The average Bonchev–Trinajstić information content (AvgIpc) is 3.35. The Bertz CT molecular complexity index is 1110. The summed E-state index contributed by atoms with van der Waals surface area (Å²) in [5.74, 6) is 3.35. The number of thioether (sulfide) groups is 1. The van der Waals surface area contributed by atoms with Crippen LogP contribution in [0.1, 0.15) is 16.8 Å². The fourth-order valence-electron chi connectivity index (χ4n) is 3.20. The van der Waals surface area contributed by atoms with Gasteiger partial charge in [0.2, 0.25) is 5.91 Å². The number of amides is 1. The van der Waals surface area contributed by atoms with Crippen LogP contribution in [0.25, 0.3) is 11.8 Å². The number of fused-ring (bicyclic) bond motifs is 1. The molecule has 0 saturated heterocycles. The molecule has 0 fully saturated rings. The number of halogens is 1. The molecule has 0 bridgehead atoms.